The number of carbonyl (C=O) groups is 2. The van der Waals surface area contributed by atoms with E-state index in [1.54, 1.807) is 25.1 Å². The number of hydrogen-bond acceptors (Lipinski definition) is 5. The summed E-state index contributed by atoms with van der Waals surface area (Å²) < 4.78 is 82.1. The lowest BCUT2D eigenvalue weighted by Crippen LogP contribution is -2.39. The Hall–Kier alpha value is -3.16. The Kier molecular flexibility index (Phi) is 10.8. The maximum absolute atomic E-state index is 13.7. The van der Waals surface area contributed by atoms with E-state index in [2.05, 4.69) is 15.9 Å². The van der Waals surface area contributed by atoms with Crippen LogP contribution < -0.4 is 4.90 Å². The molecule has 1 aliphatic heterocycles. The summed E-state index contributed by atoms with van der Waals surface area (Å²) in [7, 11) is 0. The van der Waals surface area contributed by atoms with Crippen LogP contribution in [-0.2, 0) is 21.9 Å². The molecule has 2 aromatic carbocycles. The van der Waals surface area contributed by atoms with Crippen LogP contribution in [0.5, 0.6) is 5.75 Å². The van der Waals surface area contributed by atoms with E-state index in [1.807, 2.05) is 13.0 Å². The van der Waals surface area contributed by atoms with Crippen LogP contribution in [0.15, 0.2) is 57.6 Å². The number of imide groups is 1. The lowest BCUT2D eigenvalue weighted by atomic mass is 9.67. The summed E-state index contributed by atoms with van der Waals surface area (Å²) in [5.41, 5.74) is -1.73. The molecule has 6 nitrogen and oxygen atoms in total. The van der Waals surface area contributed by atoms with Gasteiger partial charge in [-0.1, -0.05) is 53.4 Å². The van der Waals surface area contributed by atoms with Gasteiger partial charge < -0.3 is 15.3 Å². The Morgan fingerprint density at radius 2 is 1.63 bits per heavy atom. The molecule has 1 aliphatic carbocycles. The van der Waals surface area contributed by atoms with E-state index in [9.17, 15) is 51.3 Å². The quantitative estimate of drug-likeness (QED) is 0.131. The second-order valence-corrected chi connectivity index (χ2v) is 12.5. The Morgan fingerprint density at radius 1 is 1.00 bits per heavy atom. The van der Waals surface area contributed by atoms with E-state index in [4.69, 9.17) is 0 Å². The SMILES string of the molecule is CCC/C(=C\c1cc(Br)ccc1O)CC[C@@H](O)C1=C(CC)C[C@H]2C(=O)N(c3cc(C(F)(F)F)cc(C(F)(F)F)c3)C(=O)[C@H]2[C@H]1CO. The van der Waals surface area contributed by atoms with Gasteiger partial charge in [0, 0.05) is 16.0 Å². The predicted octanol–water partition coefficient (Wildman–Crippen LogP) is 8.04. The van der Waals surface area contributed by atoms with E-state index >= 15 is 0 Å². The summed E-state index contributed by atoms with van der Waals surface area (Å²) in [6.45, 7) is 3.06. The highest BCUT2D eigenvalue weighted by atomic mass is 79.9. The molecular formula is C33H34BrF6NO5. The standard InChI is InChI=1S/C33H34BrF6NO5/c1-3-5-17(10-19-11-22(34)7-9-26(19)43)6-8-27(44)28-18(4-2)12-24-29(25(28)16-42)31(46)41(30(24)45)23-14-20(32(35,36)37)13-21(15-23)33(38,39)40/h7,9-11,13-15,24-25,27,29,42-44H,3-6,8,12,16H2,1-2H3/b17-10+/t24-,25+,27-,29-/m1/s1. The van der Waals surface area contributed by atoms with Crippen molar-refractivity contribution in [1.82, 2.24) is 0 Å². The third-order valence-electron chi connectivity index (χ3n) is 8.66. The molecule has 0 unspecified atom stereocenters. The second kappa shape index (κ2) is 13.9. The van der Waals surface area contributed by atoms with Crippen LogP contribution in [-0.4, -0.2) is 39.8 Å². The van der Waals surface area contributed by atoms with Gasteiger partial charge in [0.05, 0.1) is 41.4 Å². The van der Waals surface area contributed by atoms with Crippen LogP contribution in [0, 0.1) is 17.8 Å². The molecule has 46 heavy (non-hydrogen) atoms. The van der Waals surface area contributed by atoms with Gasteiger partial charge in [0.15, 0.2) is 0 Å². The highest BCUT2D eigenvalue weighted by molar-refractivity contribution is 9.10. The number of halogens is 7. The Balaban J connectivity index is 1.66. The van der Waals surface area contributed by atoms with Crippen molar-refractivity contribution in [2.24, 2.45) is 17.8 Å². The minimum absolute atomic E-state index is 0.0419. The van der Waals surface area contributed by atoms with Crippen LogP contribution in [0.3, 0.4) is 0 Å². The lowest BCUT2D eigenvalue weighted by Gasteiger charge is -2.36. The number of phenols is 1. The average molecular weight is 719 g/mol. The molecule has 0 saturated carbocycles. The molecule has 0 radical (unpaired) electrons. The first kappa shape index (κ1) is 35.7. The van der Waals surface area contributed by atoms with E-state index in [-0.39, 0.29) is 24.7 Å². The molecular weight excluding hydrogens is 684 g/mol. The van der Waals surface area contributed by atoms with Crippen LogP contribution >= 0.6 is 15.9 Å². The molecule has 2 amide bonds. The van der Waals surface area contributed by atoms with Gasteiger partial charge in [0.25, 0.3) is 0 Å². The molecule has 13 heteroatoms. The number of alkyl halides is 6. The summed E-state index contributed by atoms with van der Waals surface area (Å²) >= 11 is 3.38. The number of fused-ring (bicyclic) bond motifs is 1. The van der Waals surface area contributed by atoms with Crippen molar-refractivity contribution < 1.29 is 51.3 Å². The number of carbonyl (C=O) groups excluding carboxylic acids is 2. The van der Waals surface area contributed by atoms with Crippen molar-refractivity contribution in [3.8, 4) is 5.75 Å². The smallest absolute Gasteiger partial charge is 0.416 e. The zero-order valence-electron chi connectivity index (χ0n) is 25.1. The average Bonchev–Trinajstić information content (AvgIpc) is 3.24. The molecule has 3 N–H and O–H groups in total. The van der Waals surface area contributed by atoms with Gasteiger partial charge in [0.1, 0.15) is 5.75 Å². The zero-order chi connectivity index (χ0) is 34.1. The predicted molar refractivity (Wildman–Crippen MR) is 162 cm³/mol. The summed E-state index contributed by atoms with van der Waals surface area (Å²) in [5, 5.41) is 32.2. The Morgan fingerprint density at radius 3 is 2.17 bits per heavy atom. The number of amides is 2. The number of benzene rings is 2. The van der Waals surface area contributed by atoms with Gasteiger partial charge in [0.2, 0.25) is 11.8 Å². The molecule has 0 spiro atoms. The van der Waals surface area contributed by atoms with Gasteiger partial charge in [-0.3, -0.25) is 9.59 Å². The molecule has 1 heterocycles. The van der Waals surface area contributed by atoms with E-state index < -0.39 is 71.4 Å². The fourth-order valence-electron chi connectivity index (χ4n) is 6.55. The van der Waals surface area contributed by atoms with Gasteiger partial charge in [-0.15, -0.1) is 0 Å². The van der Waals surface area contributed by atoms with Gasteiger partial charge in [-0.2, -0.15) is 26.3 Å². The summed E-state index contributed by atoms with van der Waals surface area (Å²) in [6.07, 6.45) is -7.42. The van der Waals surface area contributed by atoms with Gasteiger partial charge in [-0.05, 0) is 74.1 Å². The molecule has 2 aromatic rings. The molecule has 250 valence electrons. The van der Waals surface area contributed by atoms with Crippen LogP contribution in [0.1, 0.15) is 69.1 Å². The number of rotatable bonds is 10. The third kappa shape index (κ3) is 7.36. The van der Waals surface area contributed by atoms with Crippen molar-refractivity contribution in [3.05, 3.63) is 74.3 Å². The number of aliphatic hydroxyl groups excluding tert-OH is 2. The minimum Gasteiger partial charge on any atom is -0.507 e. The first-order chi connectivity index (χ1) is 21.5. The number of hydrogen-bond donors (Lipinski definition) is 3. The second-order valence-electron chi connectivity index (χ2n) is 11.6. The zero-order valence-corrected chi connectivity index (χ0v) is 26.6. The topological polar surface area (TPSA) is 98.1 Å². The lowest BCUT2D eigenvalue weighted by molar-refractivity contribution is -0.143. The molecule has 2 aliphatic rings. The largest absolute Gasteiger partial charge is 0.507 e. The third-order valence-corrected chi connectivity index (χ3v) is 9.15. The van der Waals surface area contributed by atoms with E-state index in [0.717, 1.165) is 16.5 Å². The summed E-state index contributed by atoms with van der Waals surface area (Å²) in [5.74, 6) is -5.41. The Labute approximate surface area is 270 Å². The molecule has 1 fully saturated rings. The monoisotopic (exact) mass is 717 g/mol. The number of aromatic hydroxyl groups is 1. The Bertz CT molecular complexity index is 1520. The number of nitrogens with zero attached hydrogens (tertiary/aromatic N) is 1. The van der Waals surface area contributed by atoms with Crippen molar-refractivity contribution in [1.29, 1.82) is 0 Å². The summed E-state index contributed by atoms with van der Waals surface area (Å²) in [6, 6.07) is 5.58. The van der Waals surface area contributed by atoms with Crippen LogP contribution in [0.2, 0.25) is 0 Å². The molecule has 0 bridgehead atoms. The maximum Gasteiger partial charge on any atom is 0.416 e. The number of allylic oxidation sites excluding steroid dienone is 2. The minimum atomic E-state index is -5.18. The number of aliphatic hydroxyl groups is 2. The van der Waals surface area contributed by atoms with Gasteiger partial charge in [-0.25, -0.2) is 4.90 Å². The van der Waals surface area contributed by atoms with Crippen molar-refractivity contribution >= 4 is 39.5 Å². The van der Waals surface area contributed by atoms with Crippen molar-refractivity contribution in [2.45, 2.75) is 70.8 Å². The molecule has 1 saturated heterocycles. The summed E-state index contributed by atoms with van der Waals surface area (Å²) in [4.78, 5) is 27.6. The number of phenolic OH excluding ortho intramolecular Hbond substituents is 1. The van der Waals surface area contributed by atoms with Crippen LogP contribution in [0.25, 0.3) is 6.08 Å². The maximum atomic E-state index is 13.7. The van der Waals surface area contributed by atoms with E-state index in [1.165, 1.54) is 0 Å². The molecule has 0 aromatic heterocycles. The highest BCUT2D eigenvalue weighted by Gasteiger charge is 2.55. The van der Waals surface area contributed by atoms with Crippen molar-refractivity contribution in [3.63, 3.8) is 0 Å². The fourth-order valence-corrected chi connectivity index (χ4v) is 6.93. The highest BCUT2D eigenvalue weighted by Crippen LogP contribution is 2.49. The number of anilines is 1. The normalized spacial score (nSPS) is 21.7. The van der Waals surface area contributed by atoms with E-state index in [0.29, 0.717) is 53.0 Å². The van der Waals surface area contributed by atoms with Crippen molar-refractivity contribution in [2.75, 3.05) is 11.5 Å². The first-order valence-electron chi connectivity index (χ1n) is 14.9. The first-order valence-corrected chi connectivity index (χ1v) is 15.7. The van der Waals surface area contributed by atoms with Crippen LogP contribution in [0.4, 0.5) is 32.0 Å². The molecule has 4 rings (SSSR count). The van der Waals surface area contributed by atoms with Gasteiger partial charge >= 0.3 is 12.4 Å². The molecule has 4 atom stereocenters. The fraction of sp³-hybridized carbons (Fsp3) is 0.455.